The molecule has 2 aromatic rings. The number of rotatable bonds is 17. The molecule has 0 radical (unpaired) electrons. The minimum absolute atomic E-state index is 0.126. The van der Waals surface area contributed by atoms with Crippen LogP contribution in [0.4, 0.5) is 5.69 Å². The van der Waals surface area contributed by atoms with Gasteiger partial charge >= 0.3 is 0 Å². The molecule has 0 aliphatic heterocycles. The van der Waals surface area contributed by atoms with E-state index >= 15 is 0 Å². The Morgan fingerprint density at radius 1 is 0.490 bits per heavy atom. The molecule has 1 fully saturated rings. The first kappa shape index (κ1) is 45.1. The molecule has 0 bridgehead atoms. The number of nitrogens with one attached hydrogen (secondary N) is 6. The minimum atomic E-state index is 0.126. The standard InChI is InChI=1S/C15H26N2.C14H30N2.C14H24N2/c1-12(2)16-11-10-13-6-8-14(9-7-13)17-15(3,4)5;2*1-11(2)15-9-13-5-7-14(8-6-13)10-16-12(3)4/h6-9,12,16-17H,10-11H2,1-5H3;11-16H,5-10H2,1-4H3;5-8,11-12,15-16H,9-10H2,1-4H3. The smallest absolute Gasteiger partial charge is 0.0344 e. The Morgan fingerprint density at radius 3 is 1.16 bits per heavy atom. The normalized spacial score (nSPS) is 16.5. The average molecular weight is 681 g/mol. The van der Waals surface area contributed by atoms with Crippen molar-refractivity contribution in [1.29, 1.82) is 0 Å². The van der Waals surface area contributed by atoms with Gasteiger partial charge in [-0.25, -0.2) is 0 Å². The van der Waals surface area contributed by atoms with E-state index in [4.69, 9.17) is 0 Å². The summed E-state index contributed by atoms with van der Waals surface area (Å²) in [5.74, 6) is 1.86. The van der Waals surface area contributed by atoms with Gasteiger partial charge in [0.2, 0.25) is 0 Å². The van der Waals surface area contributed by atoms with E-state index in [1.54, 1.807) is 0 Å². The Balaban J connectivity index is 0.000000368. The van der Waals surface area contributed by atoms with Crippen LogP contribution in [-0.4, -0.2) is 55.4 Å². The van der Waals surface area contributed by atoms with Crippen molar-refractivity contribution in [3.8, 4) is 0 Å². The summed E-state index contributed by atoms with van der Waals surface area (Å²) >= 11 is 0. The van der Waals surface area contributed by atoms with Gasteiger partial charge in [0.05, 0.1) is 0 Å². The third-order valence-electron chi connectivity index (χ3n) is 8.49. The second kappa shape index (κ2) is 25.1. The van der Waals surface area contributed by atoms with E-state index in [2.05, 4.69) is 170 Å². The Hall–Kier alpha value is -1.96. The van der Waals surface area contributed by atoms with Crippen LogP contribution in [0.25, 0.3) is 0 Å². The van der Waals surface area contributed by atoms with E-state index in [-0.39, 0.29) is 5.54 Å². The summed E-state index contributed by atoms with van der Waals surface area (Å²) in [6.07, 6.45) is 6.77. The molecule has 1 aliphatic rings. The molecule has 282 valence electrons. The molecule has 1 saturated carbocycles. The van der Waals surface area contributed by atoms with Crippen molar-refractivity contribution in [2.75, 3.05) is 25.0 Å². The molecule has 0 heterocycles. The Morgan fingerprint density at radius 2 is 0.837 bits per heavy atom. The van der Waals surface area contributed by atoms with Crippen molar-refractivity contribution in [3.05, 3.63) is 65.2 Å². The second-order valence-electron chi connectivity index (χ2n) is 16.8. The van der Waals surface area contributed by atoms with Gasteiger partial charge in [-0.2, -0.15) is 0 Å². The first-order chi connectivity index (χ1) is 23.0. The monoisotopic (exact) mass is 681 g/mol. The zero-order valence-electron chi connectivity index (χ0n) is 34.2. The van der Waals surface area contributed by atoms with Crippen LogP contribution in [0.15, 0.2) is 48.5 Å². The van der Waals surface area contributed by atoms with Gasteiger partial charge in [0.25, 0.3) is 0 Å². The van der Waals surface area contributed by atoms with Crippen LogP contribution in [0, 0.1) is 11.8 Å². The molecule has 49 heavy (non-hydrogen) atoms. The zero-order chi connectivity index (χ0) is 36.8. The molecular formula is C43H80N6. The van der Waals surface area contributed by atoms with Crippen LogP contribution in [0.2, 0.25) is 0 Å². The van der Waals surface area contributed by atoms with Crippen LogP contribution >= 0.6 is 0 Å². The molecular weight excluding hydrogens is 601 g/mol. The summed E-state index contributed by atoms with van der Waals surface area (Å²) in [6.45, 7) is 33.9. The van der Waals surface area contributed by atoms with E-state index in [0.717, 1.165) is 37.9 Å². The van der Waals surface area contributed by atoms with Crippen molar-refractivity contribution in [2.24, 2.45) is 11.8 Å². The fourth-order valence-corrected chi connectivity index (χ4v) is 5.56. The number of hydrogen-bond acceptors (Lipinski definition) is 6. The van der Waals surface area contributed by atoms with Gasteiger partial charge in [0.1, 0.15) is 0 Å². The molecule has 0 amide bonds. The van der Waals surface area contributed by atoms with Gasteiger partial charge in [-0.15, -0.1) is 0 Å². The van der Waals surface area contributed by atoms with E-state index in [9.17, 15) is 0 Å². The topological polar surface area (TPSA) is 72.2 Å². The summed E-state index contributed by atoms with van der Waals surface area (Å²) in [4.78, 5) is 0. The minimum Gasteiger partial charge on any atom is -0.380 e. The summed E-state index contributed by atoms with van der Waals surface area (Å²) in [6, 6.07) is 20.5. The van der Waals surface area contributed by atoms with E-state index in [0.29, 0.717) is 30.2 Å². The predicted molar refractivity (Wildman–Crippen MR) is 219 cm³/mol. The van der Waals surface area contributed by atoms with Gasteiger partial charge in [-0.3, -0.25) is 0 Å². The van der Waals surface area contributed by atoms with Gasteiger partial charge in [-0.1, -0.05) is 106 Å². The molecule has 6 N–H and O–H groups in total. The summed E-state index contributed by atoms with van der Waals surface area (Å²) < 4.78 is 0. The van der Waals surface area contributed by atoms with Gasteiger partial charge < -0.3 is 31.9 Å². The lowest BCUT2D eigenvalue weighted by Gasteiger charge is -2.29. The predicted octanol–water partition coefficient (Wildman–Crippen LogP) is 8.91. The highest BCUT2D eigenvalue weighted by molar-refractivity contribution is 5.46. The fraction of sp³-hybridized carbons (Fsp3) is 0.721. The highest BCUT2D eigenvalue weighted by atomic mass is 14.9. The molecule has 6 heteroatoms. The van der Waals surface area contributed by atoms with Gasteiger partial charge in [0, 0.05) is 54.5 Å². The molecule has 6 nitrogen and oxygen atoms in total. The first-order valence-corrected chi connectivity index (χ1v) is 19.6. The van der Waals surface area contributed by atoms with Crippen LogP contribution in [0.1, 0.15) is 132 Å². The summed E-state index contributed by atoms with van der Waals surface area (Å²) in [5.41, 5.74) is 5.40. The molecule has 0 unspecified atom stereocenters. The summed E-state index contributed by atoms with van der Waals surface area (Å²) in [5, 5.41) is 20.9. The molecule has 0 aromatic heterocycles. The highest BCUT2D eigenvalue weighted by Gasteiger charge is 2.21. The second-order valence-corrected chi connectivity index (χ2v) is 16.8. The number of benzene rings is 2. The van der Waals surface area contributed by atoms with E-state index in [1.807, 2.05) is 0 Å². The maximum absolute atomic E-state index is 3.56. The zero-order valence-corrected chi connectivity index (χ0v) is 34.2. The van der Waals surface area contributed by atoms with Crippen LogP contribution in [0.3, 0.4) is 0 Å². The molecule has 0 saturated heterocycles. The maximum atomic E-state index is 3.56. The lowest BCUT2D eigenvalue weighted by Crippen LogP contribution is -2.34. The van der Waals surface area contributed by atoms with Crippen molar-refractivity contribution in [1.82, 2.24) is 26.6 Å². The Bertz CT molecular complexity index is 994. The molecule has 2 aromatic carbocycles. The third kappa shape index (κ3) is 25.6. The van der Waals surface area contributed by atoms with Crippen LogP contribution in [0.5, 0.6) is 0 Å². The van der Waals surface area contributed by atoms with Gasteiger partial charge in [0.15, 0.2) is 0 Å². The fourth-order valence-electron chi connectivity index (χ4n) is 5.56. The van der Waals surface area contributed by atoms with Crippen LogP contribution < -0.4 is 31.9 Å². The lowest BCUT2D eigenvalue weighted by atomic mass is 9.82. The van der Waals surface area contributed by atoms with E-state index < -0.39 is 0 Å². The van der Waals surface area contributed by atoms with Crippen molar-refractivity contribution in [3.63, 3.8) is 0 Å². The molecule has 1 aliphatic carbocycles. The van der Waals surface area contributed by atoms with Crippen molar-refractivity contribution in [2.45, 2.75) is 171 Å². The average Bonchev–Trinajstić information content (AvgIpc) is 3.02. The van der Waals surface area contributed by atoms with Gasteiger partial charge in [-0.05, 0) is 113 Å². The lowest BCUT2D eigenvalue weighted by molar-refractivity contribution is 0.254. The Kier molecular flexibility index (Phi) is 23.1. The number of hydrogen-bond donors (Lipinski definition) is 6. The Labute approximate surface area is 304 Å². The maximum Gasteiger partial charge on any atom is 0.0344 e. The first-order valence-electron chi connectivity index (χ1n) is 19.6. The van der Waals surface area contributed by atoms with E-state index in [1.165, 1.54) is 61.2 Å². The molecule has 3 rings (SSSR count). The molecule has 0 atom stereocenters. The third-order valence-corrected chi connectivity index (χ3v) is 8.49. The number of anilines is 1. The van der Waals surface area contributed by atoms with Crippen LogP contribution in [-0.2, 0) is 19.5 Å². The summed E-state index contributed by atoms with van der Waals surface area (Å²) in [7, 11) is 0. The largest absolute Gasteiger partial charge is 0.380 e. The highest BCUT2D eigenvalue weighted by Crippen LogP contribution is 2.28. The molecule has 0 spiro atoms. The quantitative estimate of drug-likeness (QED) is 0.100. The van der Waals surface area contributed by atoms with Crippen molar-refractivity contribution >= 4 is 5.69 Å². The SMILES string of the molecule is CC(C)NCC1CCC(CNC(C)C)CC1.CC(C)NCCc1ccc(NC(C)(C)C)cc1.CC(C)NCc1ccc(CNC(C)C)cc1. The van der Waals surface area contributed by atoms with Crippen molar-refractivity contribution < 1.29 is 0 Å².